The molecule has 27 heavy (non-hydrogen) atoms. The maximum absolute atomic E-state index is 12.4. The van der Waals surface area contributed by atoms with Crippen molar-refractivity contribution in [2.24, 2.45) is 0 Å². The second-order valence-corrected chi connectivity index (χ2v) is 7.36. The number of benzene rings is 2. The molecular weight excluding hydrogens is 409 g/mol. The second kappa shape index (κ2) is 8.05. The summed E-state index contributed by atoms with van der Waals surface area (Å²) < 4.78 is 68.5. The van der Waals surface area contributed by atoms with Crippen LogP contribution in [0.2, 0.25) is 5.02 Å². The van der Waals surface area contributed by atoms with Gasteiger partial charge in [-0.05, 0) is 36.4 Å². The monoisotopic (exact) mass is 422 g/mol. The number of sulfonamides is 1. The largest absolute Gasteiger partial charge is 0.497 e. The minimum Gasteiger partial charge on any atom is -0.497 e. The van der Waals surface area contributed by atoms with E-state index >= 15 is 0 Å². The molecule has 0 bridgehead atoms. The molecule has 0 radical (unpaired) electrons. The van der Waals surface area contributed by atoms with Gasteiger partial charge in [-0.25, -0.2) is 8.42 Å². The van der Waals surface area contributed by atoms with E-state index in [1.807, 2.05) is 0 Å². The first-order valence-electron chi connectivity index (χ1n) is 7.33. The Hall–Kier alpha value is -2.46. The average Bonchev–Trinajstić information content (AvgIpc) is 2.61. The van der Waals surface area contributed by atoms with Crippen LogP contribution in [0.3, 0.4) is 0 Å². The number of carbonyl (C=O) groups is 1. The molecule has 0 fully saturated rings. The Morgan fingerprint density at radius 1 is 1.15 bits per heavy atom. The average molecular weight is 423 g/mol. The highest BCUT2D eigenvalue weighted by Crippen LogP contribution is 2.28. The van der Waals surface area contributed by atoms with E-state index in [-0.39, 0.29) is 21.2 Å². The van der Waals surface area contributed by atoms with Gasteiger partial charge in [-0.3, -0.25) is 9.52 Å². The van der Waals surface area contributed by atoms with Crippen LogP contribution < -0.4 is 14.8 Å². The molecule has 2 aromatic rings. The predicted octanol–water partition coefficient (Wildman–Crippen LogP) is 3.44. The van der Waals surface area contributed by atoms with Crippen molar-refractivity contribution in [2.45, 2.75) is 11.1 Å². The van der Waals surface area contributed by atoms with Gasteiger partial charge < -0.3 is 10.1 Å². The summed E-state index contributed by atoms with van der Waals surface area (Å²) in [5, 5.41) is 1.84. The lowest BCUT2D eigenvalue weighted by molar-refractivity contribution is -0.123. The van der Waals surface area contributed by atoms with E-state index in [0.717, 1.165) is 24.3 Å². The van der Waals surface area contributed by atoms with Crippen LogP contribution in [-0.2, 0) is 10.0 Å². The molecule has 11 heteroatoms. The summed E-state index contributed by atoms with van der Waals surface area (Å²) in [5.74, 6) is -0.589. The zero-order valence-corrected chi connectivity index (χ0v) is 15.4. The first kappa shape index (κ1) is 20.8. The van der Waals surface area contributed by atoms with Gasteiger partial charge in [0.05, 0.1) is 22.7 Å². The molecule has 0 saturated carbocycles. The molecule has 6 nitrogen and oxygen atoms in total. The first-order chi connectivity index (χ1) is 12.5. The number of halogens is 4. The highest BCUT2D eigenvalue weighted by Gasteiger charge is 2.28. The van der Waals surface area contributed by atoms with Crippen LogP contribution >= 0.6 is 11.6 Å². The summed E-state index contributed by atoms with van der Waals surface area (Å²) in [6, 6.07) is 8.79. The highest BCUT2D eigenvalue weighted by molar-refractivity contribution is 7.92. The standard InChI is InChI=1S/C16H14ClF3N2O4S/c1-26-11-4-7-13(17)14(8-11)22-27(24,25)12-5-2-10(3-6-12)15(23)21-9-16(18,19)20/h2-8,22H,9H2,1H3,(H,21,23). The van der Waals surface area contributed by atoms with Crippen molar-refractivity contribution in [3.05, 3.63) is 53.1 Å². The fourth-order valence-corrected chi connectivity index (χ4v) is 3.27. The summed E-state index contributed by atoms with van der Waals surface area (Å²) in [4.78, 5) is 11.5. The Balaban J connectivity index is 2.17. The molecule has 0 aliphatic heterocycles. The lowest BCUT2D eigenvalue weighted by atomic mass is 10.2. The van der Waals surface area contributed by atoms with E-state index in [9.17, 15) is 26.4 Å². The molecular formula is C16H14ClF3N2O4S. The van der Waals surface area contributed by atoms with Gasteiger partial charge in [0.15, 0.2) is 0 Å². The number of nitrogens with one attached hydrogen (secondary N) is 2. The van der Waals surface area contributed by atoms with Gasteiger partial charge in [-0.2, -0.15) is 13.2 Å². The van der Waals surface area contributed by atoms with Crippen molar-refractivity contribution < 1.29 is 31.1 Å². The highest BCUT2D eigenvalue weighted by atomic mass is 35.5. The van der Waals surface area contributed by atoms with Gasteiger partial charge in [-0.1, -0.05) is 11.6 Å². The van der Waals surface area contributed by atoms with E-state index in [2.05, 4.69) is 4.72 Å². The molecule has 0 aliphatic rings. The van der Waals surface area contributed by atoms with E-state index in [4.69, 9.17) is 16.3 Å². The minimum atomic E-state index is -4.54. The number of hydrogen-bond donors (Lipinski definition) is 2. The topological polar surface area (TPSA) is 84.5 Å². The molecule has 0 aliphatic carbocycles. The fourth-order valence-electron chi connectivity index (χ4n) is 1.98. The van der Waals surface area contributed by atoms with Crippen molar-refractivity contribution in [1.29, 1.82) is 0 Å². The molecule has 146 valence electrons. The summed E-state index contributed by atoms with van der Waals surface area (Å²) in [5.41, 5.74) is -0.0272. The molecule has 0 heterocycles. The number of carbonyl (C=O) groups excluding carboxylic acids is 1. The molecule has 0 unspecified atom stereocenters. The van der Waals surface area contributed by atoms with E-state index in [1.54, 1.807) is 11.4 Å². The van der Waals surface area contributed by atoms with Crippen molar-refractivity contribution in [2.75, 3.05) is 18.4 Å². The van der Waals surface area contributed by atoms with E-state index in [1.165, 1.54) is 19.2 Å². The molecule has 2 aromatic carbocycles. The van der Waals surface area contributed by atoms with Crippen molar-refractivity contribution >= 4 is 33.2 Å². The third-order valence-corrected chi connectivity index (χ3v) is 5.01. The Labute approximate surface area is 158 Å². The zero-order valence-electron chi connectivity index (χ0n) is 13.8. The molecule has 2 N–H and O–H groups in total. The zero-order chi connectivity index (χ0) is 20.2. The first-order valence-corrected chi connectivity index (χ1v) is 9.19. The smallest absolute Gasteiger partial charge is 0.405 e. The Morgan fingerprint density at radius 2 is 1.78 bits per heavy atom. The van der Waals surface area contributed by atoms with Crippen LogP contribution in [0.5, 0.6) is 5.75 Å². The van der Waals surface area contributed by atoms with Gasteiger partial charge >= 0.3 is 6.18 Å². The van der Waals surface area contributed by atoms with Gasteiger partial charge in [-0.15, -0.1) is 0 Å². The maximum Gasteiger partial charge on any atom is 0.405 e. The summed E-state index contributed by atoms with van der Waals surface area (Å²) in [7, 11) is -2.63. The fraction of sp³-hybridized carbons (Fsp3) is 0.188. The molecule has 0 atom stereocenters. The summed E-state index contributed by atoms with van der Waals surface area (Å²) in [6.07, 6.45) is -4.54. The van der Waals surface area contributed by atoms with Gasteiger partial charge in [0.25, 0.3) is 15.9 Å². The molecule has 2 rings (SSSR count). The van der Waals surface area contributed by atoms with Crippen LogP contribution in [0.25, 0.3) is 0 Å². The van der Waals surface area contributed by atoms with Crippen LogP contribution in [0.15, 0.2) is 47.4 Å². The number of methoxy groups -OCH3 is 1. The maximum atomic E-state index is 12.4. The Kier molecular flexibility index (Phi) is 6.22. The minimum absolute atomic E-state index is 0.0861. The normalized spacial score (nSPS) is 11.7. The second-order valence-electron chi connectivity index (χ2n) is 5.27. The van der Waals surface area contributed by atoms with Crippen LogP contribution in [0, 0.1) is 0 Å². The lowest BCUT2D eigenvalue weighted by Crippen LogP contribution is -2.33. The predicted molar refractivity (Wildman–Crippen MR) is 93.6 cm³/mol. The Morgan fingerprint density at radius 3 is 2.33 bits per heavy atom. The van der Waals surface area contributed by atoms with Crippen molar-refractivity contribution in [3.63, 3.8) is 0 Å². The van der Waals surface area contributed by atoms with Crippen LogP contribution in [-0.4, -0.2) is 34.2 Å². The summed E-state index contributed by atoms with van der Waals surface area (Å²) >= 11 is 5.96. The summed E-state index contributed by atoms with van der Waals surface area (Å²) in [6.45, 7) is -1.48. The van der Waals surface area contributed by atoms with Crippen molar-refractivity contribution in [1.82, 2.24) is 5.32 Å². The van der Waals surface area contributed by atoms with Gasteiger partial charge in [0, 0.05) is 11.6 Å². The lowest BCUT2D eigenvalue weighted by Gasteiger charge is -2.12. The molecule has 0 saturated heterocycles. The number of alkyl halides is 3. The molecule has 1 amide bonds. The van der Waals surface area contributed by atoms with Crippen molar-refractivity contribution in [3.8, 4) is 5.75 Å². The number of amides is 1. The number of ether oxygens (including phenoxy) is 1. The Bertz CT molecular complexity index is 932. The number of hydrogen-bond acceptors (Lipinski definition) is 4. The van der Waals surface area contributed by atoms with E-state index < -0.39 is 28.7 Å². The van der Waals surface area contributed by atoms with Gasteiger partial charge in [0.2, 0.25) is 0 Å². The number of anilines is 1. The molecule has 0 aromatic heterocycles. The number of rotatable bonds is 6. The SMILES string of the molecule is COc1ccc(Cl)c(NS(=O)(=O)c2ccc(C(=O)NCC(F)(F)F)cc2)c1. The van der Waals surface area contributed by atoms with Gasteiger partial charge in [0.1, 0.15) is 12.3 Å². The quantitative estimate of drug-likeness (QED) is 0.746. The molecule has 0 spiro atoms. The third kappa shape index (κ3) is 5.76. The van der Waals surface area contributed by atoms with E-state index in [0.29, 0.717) is 5.75 Å². The van der Waals surface area contributed by atoms with Crippen LogP contribution in [0.4, 0.5) is 18.9 Å². The third-order valence-electron chi connectivity index (χ3n) is 3.29. The van der Waals surface area contributed by atoms with Crippen LogP contribution in [0.1, 0.15) is 10.4 Å².